The molecule has 0 aromatic heterocycles. The minimum Gasteiger partial charge on any atom is -0.460 e. The molecule has 0 radical (unpaired) electrons. The number of carbonyl (C=O) groups is 1. The summed E-state index contributed by atoms with van der Waals surface area (Å²) in [6.07, 6.45) is -0.112. The van der Waals surface area contributed by atoms with Crippen molar-refractivity contribution < 1.29 is 23.8 Å². The van der Waals surface area contributed by atoms with Gasteiger partial charge in [0.25, 0.3) is 5.92 Å². The second kappa shape index (κ2) is 7.95. The van der Waals surface area contributed by atoms with E-state index in [1.807, 2.05) is 0 Å². The average Bonchev–Trinajstić information content (AvgIpc) is 3.08. The van der Waals surface area contributed by atoms with Crippen LogP contribution in [0.5, 0.6) is 0 Å². The Kier molecular flexibility index (Phi) is 4.71. The first-order valence-corrected chi connectivity index (χ1v) is 10.1. The summed E-state index contributed by atoms with van der Waals surface area (Å²) in [5, 5.41) is 0. The Morgan fingerprint density at radius 1 is 1.24 bits per heavy atom. The number of nitrogens with zero attached hydrogens (tertiary/aromatic N) is 2. The van der Waals surface area contributed by atoms with Gasteiger partial charge in [-0.3, -0.25) is 14.6 Å². The van der Waals surface area contributed by atoms with Crippen molar-refractivity contribution in [1.29, 1.82) is 0 Å². The third-order valence-electron chi connectivity index (χ3n) is 5.39. The van der Waals surface area contributed by atoms with Gasteiger partial charge in [-0.25, -0.2) is 8.78 Å². The molecule has 2 saturated heterocycles. The Morgan fingerprint density at radius 3 is 2.52 bits per heavy atom. The first kappa shape index (κ1) is 17.2. The summed E-state index contributed by atoms with van der Waals surface area (Å²) in [4.78, 5) is 14.8. The van der Waals surface area contributed by atoms with Gasteiger partial charge in [-0.2, -0.15) is 0 Å². The molecule has 6 heteroatoms. The van der Waals surface area contributed by atoms with Crippen LogP contribution in [-0.4, -0.2) is 59.0 Å². The molecule has 0 aliphatic carbocycles. The highest BCUT2D eigenvalue weighted by Crippen LogP contribution is 2.42. The van der Waals surface area contributed by atoms with Gasteiger partial charge < -0.3 is 4.74 Å². The van der Waals surface area contributed by atoms with Crippen LogP contribution in [0.2, 0.25) is 0 Å². The molecule has 0 bridgehead atoms. The number of halogens is 2. The minimum absolute atomic E-state index is 0.0713. The summed E-state index contributed by atoms with van der Waals surface area (Å²) >= 11 is 0. The Hall–Kier alpha value is -1.53. The molecular weight excluding hydrogens is 374 g/mol. The van der Waals surface area contributed by atoms with Gasteiger partial charge >= 0.3 is 5.97 Å². The third-order valence-corrected chi connectivity index (χ3v) is 5.39. The number of alkyl halides is 2. The number of hydrogen-bond donors (Lipinski definition) is 0. The molecule has 2 fully saturated rings. The molecular formula is C23H34F2N2O2. The van der Waals surface area contributed by atoms with E-state index in [1.165, 1.54) is 0 Å². The van der Waals surface area contributed by atoms with Crippen molar-refractivity contribution in [3.63, 3.8) is 0 Å². The molecule has 0 spiro atoms. The van der Waals surface area contributed by atoms with Crippen molar-refractivity contribution in [3.05, 3.63) is 35.9 Å². The van der Waals surface area contributed by atoms with Crippen LogP contribution in [-0.2, 0) is 16.0 Å². The van der Waals surface area contributed by atoms with E-state index in [0.29, 0.717) is 0 Å². The molecule has 162 valence electrons. The Labute approximate surface area is 178 Å². The largest absolute Gasteiger partial charge is 0.460 e. The number of rotatable bonds is 6. The van der Waals surface area contributed by atoms with Crippen molar-refractivity contribution in [1.82, 2.24) is 9.80 Å². The normalized spacial score (nSPS) is 29.5. The van der Waals surface area contributed by atoms with E-state index in [4.69, 9.17) is 10.2 Å². The molecule has 0 unspecified atom stereocenters. The van der Waals surface area contributed by atoms with Crippen LogP contribution >= 0.6 is 0 Å². The molecule has 3 rings (SSSR count). The van der Waals surface area contributed by atoms with Gasteiger partial charge in [-0.1, -0.05) is 30.3 Å². The summed E-state index contributed by atoms with van der Waals surface area (Å²) in [7, 11) is 0. The van der Waals surface area contributed by atoms with Gasteiger partial charge in [0.1, 0.15) is 5.60 Å². The van der Waals surface area contributed by atoms with Crippen LogP contribution in [0.15, 0.2) is 30.3 Å². The fourth-order valence-electron chi connectivity index (χ4n) is 3.79. The van der Waals surface area contributed by atoms with Crippen LogP contribution in [0.1, 0.15) is 58.5 Å². The van der Waals surface area contributed by atoms with E-state index in [1.54, 1.807) is 65.0 Å². The van der Waals surface area contributed by atoms with Crippen molar-refractivity contribution in [2.45, 2.75) is 77.6 Å². The zero-order valence-corrected chi connectivity index (χ0v) is 17.8. The molecule has 1 aromatic rings. The van der Waals surface area contributed by atoms with Crippen molar-refractivity contribution >= 4 is 5.97 Å². The lowest BCUT2D eigenvalue weighted by atomic mass is 9.88. The zero-order chi connectivity index (χ0) is 25.0. The van der Waals surface area contributed by atoms with Gasteiger partial charge in [-0.05, 0) is 59.6 Å². The zero-order valence-electron chi connectivity index (χ0n) is 21.8. The smallest absolute Gasteiger partial charge is 0.312 e. The van der Waals surface area contributed by atoms with Crippen molar-refractivity contribution in [2.75, 3.05) is 19.6 Å². The lowest BCUT2D eigenvalue weighted by Crippen LogP contribution is -2.46. The quantitative estimate of drug-likeness (QED) is 0.651. The number of likely N-dealkylation sites (tertiary alicyclic amines) is 2. The molecule has 2 aliphatic rings. The van der Waals surface area contributed by atoms with Crippen LogP contribution in [0.3, 0.4) is 0 Å². The first-order valence-electron chi connectivity index (χ1n) is 12.1. The first-order chi connectivity index (χ1) is 14.9. The monoisotopic (exact) mass is 412 g/mol. The van der Waals surface area contributed by atoms with E-state index in [0.717, 1.165) is 9.80 Å². The summed E-state index contributed by atoms with van der Waals surface area (Å²) in [6.45, 7) is 3.47. The van der Waals surface area contributed by atoms with Gasteiger partial charge in [0.15, 0.2) is 0 Å². The van der Waals surface area contributed by atoms with Gasteiger partial charge in [0, 0.05) is 24.5 Å². The summed E-state index contributed by atoms with van der Waals surface area (Å²) in [6, 6.07) is 5.64. The number of ether oxygens (including phenoxy) is 1. The number of fused-ring (bicyclic) bond motifs is 1. The van der Waals surface area contributed by atoms with Gasteiger partial charge in [0.2, 0.25) is 0 Å². The van der Waals surface area contributed by atoms with Crippen LogP contribution in [0, 0.1) is 5.41 Å². The predicted molar refractivity (Wildman–Crippen MR) is 110 cm³/mol. The van der Waals surface area contributed by atoms with E-state index in [-0.39, 0.29) is 24.9 Å². The van der Waals surface area contributed by atoms with Crippen LogP contribution < -0.4 is 0 Å². The fraction of sp³-hybridized carbons (Fsp3) is 0.696. The van der Waals surface area contributed by atoms with Gasteiger partial charge in [-0.15, -0.1) is 0 Å². The third kappa shape index (κ3) is 5.15. The lowest BCUT2D eigenvalue weighted by Gasteiger charge is -2.32. The Balaban J connectivity index is 1.84. The predicted octanol–water partition coefficient (Wildman–Crippen LogP) is 4.34. The highest BCUT2D eigenvalue weighted by atomic mass is 19.3. The molecule has 2 aliphatic heterocycles. The summed E-state index contributed by atoms with van der Waals surface area (Å²) < 4.78 is 70.1. The minimum atomic E-state index is -3.31. The highest BCUT2D eigenvalue weighted by molar-refractivity contribution is 5.76. The molecule has 0 amide bonds. The van der Waals surface area contributed by atoms with E-state index in [2.05, 4.69) is 0 Å². The number of hydrogen-bond acceptors (Lipinski definition) is 4. The van der Waals surface area contributed by atoms with Crippen LogP contribution in [0.4, 0.5) is 8.78 Å². The standard InChI is InChI=1S/C23H34F2N2O2/c1-21(2,3)29-20(28)22(4,5)12-14-26-13-11-18-19(26)23(24,25)16-27(18)15-17-9-7-6-8-10-17/h6-10,18-19H,11-16H2,1-5H3/t18-,19+/m0/s1/i13D2,15D2. The summed E-state index contributed by atoms with van der Waals surface area (Å²) in [5.74, 6) is -3.78. The second-order valence-electron chi connectivity index (χ2n) is 9.57. The number of carbonyl (C=O) groups excluding carboxylic acids is 1. The molecule has 2 heterocycles. The molecule has 4 nitrogen and oxygen atoms in total. The maximum absolute atomic E-state index is 15.3. The number of benzene rings is 1. The van der Waals surface area contributed by atoms with Crippen molar-refractivity contribution in [3.8, 4) is 0 Å². The lowest BCUT2D eigenvalue weighted by molar-refractivity contribution is -0.166. The molecule has 1 aromatic carbocycles. The van der Waals surface area contributed by atoms with Crippen LogP contribution in [0.25, 0.3) is 0 Å². The maximum atomic E-state index is 15.3. The van der Waals surface area contributed by atoms with E-state index in [9.17, 15) is 4.79 Å². The molecule has 29 heavy (non-hydrogen) atoms. The van der Waals surface area contributed by atoms with Gasteiger partial charge in [0.05, 0.1) is 18.0 Å². The molecule has 0 saturated carbocycles. The Bertz CT molecular complexity index is 875. The number of esters is 1. The maximum Gasteiger partial charge on any atom is 0.312 e. The molecule has 0 N–H and O–H groups in total. The average molecular weight is 413 g/mol. The fourth-order valence-corrected chi connectivity index (χ4v) is 3.79. The van der Waals surface area contributed by atoms with E-state index < -0.39 is 54.5 Å². The Morgan fingerprint density at radius 2 is 1.90 bits per heavy atom. The topological polar surface area (TPSA) is 32.8 Å². The summed E-state index contributed by atoms with van der Waals surface area (Å²) in [5.41, 5.74) is -1.43. The van der Waals surface area contributed by atoms with E-state index >= 15 is 8.78 Å². The molecule has 2 atom stereocenters. The van der Waals surface area contributed by atoms with Crippen molar-refractivity contribution in [2.24, 2.45) is 5.41 Å². The SMILES string of the molecule is [2H]C1([2H])C[C@H]2[C@@H](N1CCC(C)(C)C(=O)OC(C)(C)C)C(F)(F)CN2C([2H])([2H])c1ccccc1. The second-order valence-corrected chi connectivity index (χ2v) is 9.57. The highest BCUT2D eigenvalue weighted by Gasteiger charge is 2.59.